The zero-order valence-corrected chi connectivity index (χ0v) is 13.7. The van der Waals surface area contributed by atoms with E-state index in [4.69, 9.17) is 5.73 Å². The summed E-state index contributed by atoms with van der Waals surface area (Å²) < 4.78 is 3.38. The van der Waals surface area contributed by atoms with Crippen LogP contribution >= 0.6 is 22.6 Å². The van der Waals surface area contributed by atoms with Gasteiger partial charge in [-0.25, -0.2) is 4.98 Å². The SMILES string of the molecule is NCc1ccc(Cn2ccnc2-c2ccccc2I)cc1. The Morgan fingerprint density at radius 1 is 1.00 bits per heavy atom. The van der Waals surface area contributed by atoms with Crippen LogP contribution in [0, 0.1) is 3.57 Å². The highest BCUT2D eigenvalue weighted by Crippen LogP contribution is 2.24. The number of halogens is 1. The van der Waals surface area contributed by atoms with E-state index in [0.717, 1.165) is 17.9 Å². The molecule has 0 fully saturated rings. The van der Waals surface area contributed by atoms with Gasteiger partial charge in [0.1, 0.15) is 5.82 Å². The molecular weight excluding hydrogens is 373 g/mol. The second-order valence-corrected chi connectivity index (χ2v) is 6.04. The molecule has 0 spiro atoms. The molecule has 0 radical (unpaired) electrons. The molecule has 0 atom stereocenters. The molecule has 2 N–H and O–H groups in total. The Morgan fingerprint density at radius 2 is 1.71 bits per heavy atom. The van der Waals surface area contributed by atoms with Crippen LogP contribution in [0.4, 0.5) is 0 Å². The lowest BCUT2D eigenvalue weighted by Gasteiger charge is -2.10. The maximum absolute atomic E-state index is 5.64. The number of hydrogen-bond donors (Lipinski definition) is 1. The predicted molar refractivity (Wildman–Crippen MR) is 93.8 cm³/mol. The van der Waals surface area contributed by atoms with Crippen molar-refractivity contribution >= 4 is 22.6 Å². The number of aromatic nitrogens is 2. The average molecular weight is 389 g/mol. The van der Waals surface area contributed by atoms with Gasteiger partial charge in [0.25, 0.3) is 0 Å². The topological polar surface area (TPSA) is 43.8 Å². The number of nitrogens with zero attached hydrogens (tertiary/aromatic N) is 2. The molecule has 21 heavy (non-hydrogen) atoms. The fourth-order valence-electron chi connectivity index (χ4n) is 2.30. The van der Waals surface area contributed by atoms with Gasteiger partial charge in [0, 0.05) is 34.6 Å². The molecular formula is C17H16IN3. The molecule has 3 nitrogen and oxygen atoms in total. The summed E-state index contributed by atoms with van der Waals surface area (Å²) in [5, 5.41) is 0. The van der Waals surface area contributed by atoms with Crippen LogP contribution in [0.3, 0.4) is 0 Å². The van der Waals surface area contributed by atoms with Crippen molar-refractivity contribution in [2.75, 3.05) is 0 Å². The fraction of sp³-hybridized carbons (Fsp3) is 0.118. The van der Waals surface area contributed by atoms with Gasteiger partial charge in [-0.15, -0.1) is 0 Å². The van der Waals surface area contributed by atoms with Crippen LogP contribution in [0.15, 0.2) is 60.9 Å². The summed E-state index contributed by atoms with van der Waals surface area (Å²) in [6, 6.07) is 16.7. The Hall–Kier alpha value is -1.66. The maximum atomic E-state index is 5.64. The zero-order valence-electron chi connectivity index (χ0n) is 11.5. The van der Waals surface area contributed by atoms with E-state index in [2.05, 4.69) is 68.5 Å². The number of rotatable bonds is 4. The molecule has 0 aliphatic rings. The molecule has 0 amide bonds. The maximum Gasteiger partial charge on any atom is 0.141 e. The summed E-state index contributed by atoms with van der Waals surface area (Å²) in [5.74, 6) is 1.00. The second-order valence-electron chi connectivity index (χ2n) is 4.88. The van der Waals surface area contributed by atoms with Gasteiger partial charge in [-0.05, 0) is 39.8 Å². The quantitative estimate of drug-likeness (QED) is 0.693. The van der Waals surface area contributed by atoms with Gasteiger partial charge in [-0.1, -0.05) is 42.5 Å². The molecule has 3 aromatic rings. The van der Waals surface area contributed by atoms with E-state index in [-0.39, 0.29) is 0 Å². The summed E-state index contributed by atoms with van der Waals surface area (Å²) in [6.45, 7) is 1.39. The Bertz CT molecular complexity index is 732. The van der Waals surface area contributed by atoms with Gasteiger partial charge in [-0.3, -0.25) is 0 Å². The van der Waals surface area contributed by atoms with Gasteiger partial charge < -0.3 is 10.3 Å². The molecule has 2 aromatic carbocycles. The summed E-state index contributed by atoms with van der Waals surface area (Å²) in [5.41, 5.74) is 9.21. The van der Waals surface area contributed by atoms with E-state index in [1.54, 1.807) is 0 Å². The van der Waals surface area contributed by atoms with Crippen LogP contribution in [0.1, 0.15) is 11.1 Å². The fourth-order valence-corrected chi connectivity index (χ4v) is 2.93. The molecule has 0 aliphatic heterocycles. The van der Waals surface area contributed by atoms with Crippen LogP contribution in [0.5, 0.6) is 0 Å². The minimum atomic E-state index is 0.582. The van der Waals surface area contributed by atoms with Gasteiger partial charge >= 0.3 is 0 Å². The highest BCUT2D eigenvalue weighted by atomic mass is 127. The highest BCUT2D eigenvalue weighted by Gasteiger charge is 2.09. The minimum absolute atomic E-state index is 0.582. The molecule has 4 heteroatoms. The molecule has 0 unspecified atom stereocenters. The van der Waals surface area contributed by atoms with Crippen molar-refractivity contribution in [1.82, 2.24) is 9.55 Å². The van der Waals surface area contributed by atoms with Crippen molar-refractivity contribution in [2.45, 2.75) is 13.1 Å². The molecule has 1 aromatic heterocycles. The van der Waals surface area contributed by atoms with Crippen LogP contribution in [-0.2, 0) is 13.1 Å². The molecule has 3 rings (SSSR count). The summed E-state index contributed by atoms with van der Waals surface area (Å²) in [7, 11) is 0. The first kappa shape index (κ1) is 14.3. The largest absolute Gasteiger partial charge is 0.327 e. The van der Waals surface area contributed by atoms with Gasteiger partial charge in [0.2, 0.25) is 0 Å². The van der Waals surface area contributed by atoms with Crippen molar-refractivity contribution in [2.24, 2.45) is 5.73 Å². The Labute approximate surface area is 138 Å². The number of imidazole rings is 1. The molecule has 106 valence electrons. The summed E-state index contributed by atoms with van der Waals surface area (Å²) >= 11 is 2.35. The lowest BCUT2D eigenvalue weighted by atomic mass is 10.1. The van der Waals surface area contributed by atoms with Crippen LogP contribution in [-0.4, -0.2) is 9.55 Å². The third-order valence-corrected chi connectivity index (χ3v) is 4.38. The van der Waals surface area contributed by atoms with Crippen LogP contribution < -0.4 is 5.73 Å². The number of hydrogen-bond acceptors (Lipinski definition) is 2. The zero-order chi connectivity index (χ0) is 14.7. The lowest BCUT2D eigenvalue weighted by molar-refractivity contribution is 0.806. The van der Waals surface area contributed by atoms with Crippen LogP contribution in [0.2, 0.25) is 0 Å². The monoisotopic (exact) mass is 389 g/mol. The Balaban J connectivity index is 1.90. The molecule has 0 aliphatic carbocycles. The van der Waals surface area contributed by atoms with Crippen LogP contribution in [0.25, 0.3) is 11.4 Å². The molecule has 0 saturated heterocycles. The standard InChI is InChI=1S/C17H16IN3/c18-16-4-2-1-3-15(16)17-20-9-10-21(17)12-14-7-5-13(11-19)6-8-14/h1-10H,11-12,19H2. The van der Waals surface area contributed by atoms with E-state index in [1.807, 2.05) is 24.5 Å². The Morgan fingerprint density at radius 3 is 2.43 bits per heavy atom. The van der Waals surface area contributed by atoms with E-state index < -0.39 is 0 Å². The van der Waals surface area contributed by atoms with E-state index >= 15 is 0 Å². The van der Waals surface area contributed by atoms with E-state index in [0.29, 0.717) is 6.54 Å². The second kappa shape index (κ2) is 6.41. The van der Waals surface area contributed by atoms with Gasteiger partial charge in [-0.2, -0.15) is 0 Å². The third kappa shape index (κ3) is 3.16. The molecule has 0 bridgehead atoms. The highest BCUT2D eigenvalue weighted by molar-refractivity contribution is 14.1. The smallest absolute Gasteiger partial charge is 0.141 e. The summed E-state index contributed by atoms with van der Waals surface area (Å²) in [4.78, 5) is 4.52. The van der Waals surface area contributed by atoms with Crippen molar-refractivity contribution in [3.63, 3.8) is 0 Å². The first-order chi connectivity index (χ1) is 10.3. The molecule has 1 heterocycles. The summed E-state index contributed by atoms with van der Waals surface area (Å²) in [6.07, 6.45) is 3.88. The van der Waals surface area contributed by atoms with Crippen molar-refractivity contribution in [3.8, 4) is 11.4 Å². The third-order valence-electron chi connectivity index (χ3n) is 3.44. The predicted octanol–water partition coefficient (Wildman–Crippen LogP) is 3.66. The number of nitrogens with two attached hydrogens (primary N) is 1. The van der Waals surface area contributed by atoms with Crippen molar-refractivity contribution in [1.29, 1.82) is 0 Å². The van der Waals surface area contributed by atoms with Gasteiger partial charge in [0.15, 0.2) is 0 Å². The first-order valence-electron chi connectivity index (χ1n) is 6.82. The normalized spacial score (nSPS) is 10.8. The number of benzene rings is 2. The molecule has 0 saturated carbocycles. The average Bonchev–Trinajstić information content (AvgIpc) is 2.96. The van der Waals surface area contributed by atoms with E-state index in [1.165, 1.54) is 14.7 Å². The van der Waals surface area contributed by atoms with Crippen molar-refractivity contribution in [3.05, 3.63) is 75.6 Å². The van der Waals surface area contributed by atoms with Gasteiger partial charge in [0.05, 0.1) is 0 Å². The first-order valence-corrected chi connectivity index (χ1v) is 7.89. The van der Waals surface area contributed by atoms with Crippen molar-refractivity contribution < 1.29 is 0 Å². The lowest BCUT2D eigenvalue weighted by Crippen LogP contribution is -2.02. The van der Waals surface area contributed by atoms with E-state index in [9.17, 15) is 0 Å². The minimum Gasteiger partial charge on any atom is -0.327 e. The Kier molecular flexibility index (Phi) is 4.36.